The van der Waals surface area contributed by atoms with E-state index >= 15 is 0 Å². The Bertz CT molecular complexity index is 506. The molecule has 0 spiro atoms. The first-order valence-electron chi connectivity index (χ1n) is 4.98. The Morgan fingerprint density at radius 3 is 2.45 bits per heavy atom. The molecule has 20 heavy (non-hydrogen) atoms. The molecule has 1 N–H and O–H groups in total. The van der Waals surface area contributed by atoms with E-state index in [1.54, 1.807) is 0 Å². The number of hydrogen-bond acceptors (Lipinski definition) is 3. The zero-order valence-electron chi connectivity index (χ0n) is 9.55. The molecule has 0 radical (unpaired) electrons. The normalized spacial score (nSPS) is 11.8. The van der Waals surface area contributed by atoms with Crippen molar-refractivity contribution in [3.63, 3.8) is 0 Å². The third-order valence-electron chi connectivity index (χ3n) is 2.11. The predicted molar refractivity (Wildman–Crippen MR) is 56.8 cm³/mol. The van der Waals surface area contributed by atoms with Gasteiger partial charge in [0.25, 0.3) is 6.43 Å². The van der Waals surface area contributed by atoms with Gasteiger partial charge in [-0.15, -0.1) is 24.8 Å². The van der Waals surface area contributed by atoms with Crippen molar-refractivity contribution in [1.82, 2.24) is 4.98 Å². The van der Waals surface area contributed by atoms with Gasteiger partial charge in [0, 0.05) is 11.4 Å². The lowest BCUT2D eigenvalue weighted by molar-refractivity contribution is -0.276. The number of halogens is 6. The minimum Gasteiger partial charge on any atom is -0.481 e. The molecule has 0 aliphatic rings. The summed E-state index contributed by atoms with van der Waals surface area (Å²) in [7, 11) is 0. The first kappa shape index (κ1) is 16.4. The molecule has 0 saturated heterocycles. The molecule has 1 aromatic rings. The van der Waals surface area contributed by atoms with Crippen LogP contribution >= 0.6 is 11.6 Å². The third kappa shape index (κ3) is 4.48. The van der Waals surface area contributed by atoms with Gasteiger partial charge < -0.3 is 9.84 Å². The summed E-state index contributed by atoms with van der Waals surface area (Å²) in [5.41, 5.74) is -1.68. The predicted octanol–water partition coefficient (Wildman–Crippen LogP) is 3.28. The van der Waals surface area contributed by atoms with Crippen LogP contribution in [0.15, 0.2) is 6.07 Å². The Balaban J connectivity index is 3.39. The van der Waals surface area contributed by atoms with Gasteiger partial charge in [0.05, 0.1) is 6.42 Å². The van der Waals surface area contributed by atoms with Crippen molar-refractivity contribution < 1.29 is 36.6 Å². The zero-order chi connectivity index (χ0) is 15.5. The van der Waals surface area contributed by atoms with Crippen LogP contribution in [0, 0.1) is 0 Å². The Kier molecular flexibility index (Phi) is 5.09. The number of alkyl halides is 6. The second kappa shape index (κ2) is 6.21. The van der Waals surface area contributed by atoms with Gasteiger partial charge in [0.15, 0.2) is 0 Å². The van der Waals surface area contributed by atoms with Crippen LogP contribution in [0.25, 0.3) is 0 Å². The van der Waals surface area contributed by atoms with Crippen LogP contribution in [0.5, 0.6) is 5.88 Å². The van der Waals surface area contributed by atoms with Gasteiger partial charge in [0.1, 0.15) is 5.69 Å². The van der Waals surface area contributed by atoms with Gasteiger partial charge >= 0.3 is 12.3 Å². The van der Waals surface area contributed by atoms with Gasteiger partial charge in [0.2, 0.25) is 5.88 Å². The maximum absolute atomic E-state index is 12.5. The Labute approximate surface area is 114 Å². The Morgan fingerprint density at radius 2 is 2.05 bits per heavy atom. The van der Waals surface area contributed by atoms with Gasteiger partial charge in [-0.1, -0.05) is 0 Å². The standard InChI is InChI=1S/C10H7ClF5NO3/c11-3-4-1-6(8(12)13)17-9(20-10(14,15)16)5(4)2-7(18)19/h1,8H,2-3H2,(H,18,19). The Morgan fingerprint density at radius 1 is 1.45 bits per heavy atom. The molecule has 1 rings (SSSR count). The average molecular weight is 320 g/mol. The van der Waals surface area contributed by atoms with Crippen molar-refractivity contribution in [1.29, 1.82) is 0 Å². The fourth-order valence-corrected chi connectivity index (χ4v) is 1.62. The molecule has 0 bridgehead atoms. The van der Waals surface area contributed by atoms with Crippen molar-refractivity contribution in [2.45, 2.75) is 25.1 Å². The molecule has 1 heterocycles. The second-order valence-corrected chi connectivity index (χ2v) is 3.81. The van der Waals surface area contributed by atoms with Gasteiger partial charge in [-0.3, -0.25) is 4.79 Å². The van der Waals surface area contributed by atoms with Gasteiger partial charge in [-0.2, -0.15) is 0 Å². The number of rotatable bonds is 5. The minimum absolute atomic E-state index is 0.210. The lowest BCUT2D eigenvalue weighted by Gasteiger charge is -2.15. The molecule has 1 aromatic heterocycles. The molecular weight excluding hydrogens is 313 g/mol. The van der Waals surface area contributed by atoms with Crippen molar-refractivity contribution in [3.8, 4) is 5.88 Å². The SMILES string of the molecule is O=C(O)Cc1c(CCl)cc(C(F)F)nc1OC(F)(F)F. The number of carboxylic acid groups (broad SMARTS) is 1. The van der Waals surface area contributed by atoms with E-state index in [0.717, 1.165) is 6.07 Å². The molecule has 0 atom stereocenters. The van der Waals surface area contributed by atoms with E-state index in [1.165, 1.54) is 0 Å². The highest BCUT2D eigenvalue weighted by molar-refractivity contribution is 6.17. The largest absolute Gasteiger partial charge is 0.574 e. The van der Waals surface area contributed by atoms with Gasteiger partial charge in [-0.05, 0) is 11.6 Å². The summed E-state index contributed by atoms with van der Waals surface area (Å²) in [4.78, 5) is 13.6. The van der Waals surface area contributed by atoms with Crippen LogP contribution in [0.4, 0.5) is 22.0 Å². The summed E-state index contributed by atoms with van der Waals surface area (Å²) in [6, 6.07) is 0.749. The van der Waals surface area contributed by atoms with E-state index in [9.17, 15) is 26.7 Å². The van der Waals surface area contributed by atoms with Crippen LogP contribution in [0.2, 0.25) is 0 Å². The molecule has 10 heteroatoms. The van der Waals surface area contributed by atoms with E-state index in [-0.39, 0.29) is 5.56 Å². The lowest BCUT2D eigenvalue weighted by atomic mass is 10.1. The molecular formula is C10H7ClF5NO3. The fraction of sp³-hybridized carbons (Fsp3) is 0.400. The van der Waals surface area contributed by atoms with E-state index in [0.29, 0.717) is 0 Å². The topological polar surface area (TPSA) is 59.4 Å². The molecule has 0 amide bonds. The molecule has 0 saturated carbocycles. The smallest absolute Gasteiger partial charge is 0.481 e. The van der Waals surface area contributed by atoms with Crippen molar-refractivity contribution in [3.05, 3.63) is 22.9 Å². The third-order valence-corrected chi connectivity index (χ3v) is 2.39. The lowest BCUT2D eigenvalue weighted by Crippen LogP contribution is -2.21. The van der Waals surface area contributed by atoms with Crippen molar-refractivity contribution in [2.24, 2.45) is 0 Å². The van der Waals surface area contributed by atoms with Crippen LogP contribution in [-0.2, 0) is 17.1 Å². The van der Waals surface area contributed by atoms with Crippen molar-refractivity contribution >= 4 is 17.6 Å². The Hall–Kier alpha value is -1.64. The van der Waals surface area contributed by atoms with Crippen molar-refractivity contribution in [2.75, 3.05) is 0 Å². The molecule has 4 nitrogen and oxygen atoms in total. The van der Waals surface area contributed by atoms with Crippen LogP contribution in [0.1, 0.15) is 23.2 Å². The molecule has 112 valence electrons. The summed E-state index contributed by atoms with van der Waals surface area (Å²) in [6.45, 7) is 0. The number of hydrogen-bond donors (Lipinski definition) is 1. The molecule has 0 aliphatic carbocycles. The summed E-state index contributed by atoms with van der Waals surface area (Å²) < 4.78 is 65.2. The van der Waals surface area contributed by atoms with E-state index in [4.69, 9.17) is 16.7 Å². The molecule has 0 aliphatic heterocycles. The number of aromatic nitrogens is 1. The summed E-state index contributed by atoms with van der Waals surface area (Å²) in [5, 5.41) is 8.63. The van der Waals surface area contributed by atoms with E-state index in [2.05, 4.69) is 9.72 Å². The first-order chi connectivity index (χ1) is 9.14. The second-order valence-electron chi connectivity index (χ2n) is 3.54. The molecule has 0 unspecified atom stereocenters. The number of pyridine rings is 1. The van der Waals surface area contributed by atoms with Crippen LogP contribution < -0.4 is 4.74 Å². The highest BCUT2D eigenvalue weighted by Crippen LogP contribution is 2.31. The van der Waals surface area contributed by atoms with Crippen LogP contribution in [0.3, 0.4) is 0 Å². The maximum Gasteiger partial charge on any atom is 0.574 e. The average Bonchev–Trinajstić information content (AvgIpc) is 2.28. The first-order valence-corrected chi connectivity index (χ1v) is 5.52. The molecule has 0 fully saturated rings. The molecule has 0 aromatic carbocycles. The number of aliphatic carboxylic acids is 1. The summed E-state index contributed by atoms with van der Waals surface area (Å²) in [5.74, 6) is -3.16. The number of carboxylic acids is 1. The zero-order valence-corrected chi connectivity index (χ0v) is 10.3. The summed E-state index contributed by atoms with van der Waals surface area (Å²) in [6.07, 6.45) is -9.22. The number of ether oxygens (including phenoxy) is 1. The van der Waals surface area contributed by atoms with Gasteiger partial charge in [-0.25, -0.2) is 13.8 Å². The van der Waals surface area contributed by atoms with E-state index < -0.39 is 48.2 Å². The minimum atomic E-state index is -5.19. The monoisotopic (exact) mass is 319 g/mol. The summed E-state index contributed by atoms with van der Waals surface area (Å²) >= 11 is 5.43. The fourth-order valence-electron chi connectivity index (χ4n) is 1.39. The van der Waals surface area contributed by atoms with E-state index in [1.807, 2.05) is 0 Å². The quantitative estimate of drug-likeness (QED) is 0.668. The highest BCUT2D eigenvalue weighted by atomic mass is 35.5. The maximum atomic E-state index is 12.5. The highest BCUT2D eigenvalue weighted by Gasteiger charge is 2.34. The number of nitrogens with zero attached hydrogens (tertiary/aromatic N) is 1. The number of carbonyl (C=O) groups is 1. The van der Waals surface area contributed by atoms with Crippen LogP contribution in [-0.4, -0.2) is 22.4 Å².